The second-order valence-corrected chi connectivity index (χ2v) is 3.91. The van der Waals surface area contributed by atoms with Gasteiger partial charge in [-0.1, -0.05) is 0 Å². The van der Waals surface area contributed by atoms with Crippen molar-refractivity contribution in [2.24, 2.45) is 0 Å². The lowest BCUT2D eigenvalue weighted by Crippen LogP contribution is -2.33. The number of nitrogens with one attached hydrogen (secondary N) is 2. The Hall–Kier alpha value is -0.710. The first-order valence-corrected chi connectivity index (χ1v) is 6.06. The van der Waals surface area contributed by atoms with Crippen molar-refractivity contribution < 1.29 is 9.59 Å². The SMILES string of the molecule is CSCCCC(=O)NCCNC(C)=O. The maximum absolute atomic E-state index is 11.1. The summed E-state index contributed by atoms with van der Waals surface area (Å²) in [5.41, 5.74) is 0. The molecule has 0 heterocycles. The summed E-state index contributed by atoms with van der Waals surface area (Å²) in [4.78, 5) is 21.6. The lowest BCUT2D eigenvalue weighted by Gasteiger charge is -2.04. The van der Waals surface area contributed by atoms with E-state index in [2.05, 4.69) is 10.6 Å². The first kappa shape index (κ1) is 13.3. The number of thioether (sulfide) groups is 1. The molecule has 0 saturated carbocycles. The second kappa shape index (κ2) is 8.87. The summed E-state index contributed by atoms with van der Waals surface area (Å²) in [6.07, 6.45) is 3.50. The van der Waals surface area contributed by atoms with Gasteiger partial charge >= 0.3 is 0 Å². The molecule has 82 valence electrons. The molecule has 0 aromatic heterocycles. The van der Waals surface area contributed by atoms with Crippen LogP contribution in [0.2, 0.25) is 0 Å². The van der Waals surface area contributed by atoms with E-state index >= 15 is 0 Å². The first-order chi connectivity index (χ1) is 6.66. The fourth-order valence-electron chi connectivity index (χ4n) is 0.906. The predicted octanol–water partition coefficient (Wildman–Crippen LogP) is 0.382. The molecule has 0 unspecified atom stereocenters. The van der Waals surface area contributed by atoms with Crippen LogP contribution in [-0.2, 0) is 9.59 Å². The van der Waals surface area contributed by atoms with Gasteiger partial charge in [0.1, 0.15) is 0 Å². The molecule has 2 amide bonds. The van der Waals surface area contributed by atoms with Crippen molar-refractivity contribution in [3.05, 3.63) is 0 Å². The van der Waals surface area contributed by atoms with Crippen molar-refractivity contribution in [1.82, 2.24) is 10.6 Å². The molecule has 4 nitrogen and oxygen atoms in total. The largest absolute Gasteiger partial charge is 0.355 e. The molecule has 0 aliphatic carbocycles. The van der Waals surface area contributed by atoms with Crippen LogP contribution in [-0.4, -0.2) is 36.9 Å². The molecule has 2 N–H and O–H groups in total. The van der Waals surface area contributed by atoms with Crippen LogP contribution in [0.3, 0.4) is 0 Å². The zero-order valence-electron chi connectivity index (χ0n) is 8.76. The highest BCUT2D eigenvalue weighted by molar-refractivity contribution is 7.98. The van der Waals surface area contributed by atoms with Gasteiger partial charge in [0.15, 0.2) is 0 Å². The molecule has 5 heteroatoms. The monoisotopic (exact) mass is 218 g/mol. The Morgan fingerprint density at radius 2 is 1.86 bits per heavy atom. The summed E-state index contributed by atoms with van der Waals surface area (Å²) < 4.78 is 0. The van der Waals surface area contributed by atoms with Crippen LogP contribution in [0.25, 0.3) is 0 Å². The highest BCUT2D eigenvalue weighted by atomic mass is 32.2. The Labute approximate surface area is 89.2 Å². The van der Waals surface area contributed by atoms with Crippen molar-refractivity contribution in [1.29, 1.82) is 0 Å². The van der Waals surface area contributed by atoms with Gasteiger partial charge in [-0.05, 0) is 18.4 Å². The minimum absolute atomic E-state index is 0.0596. The zero-order chi connectivity index (χ0) is 10.8. The second-order valence-electron chi connectivity index (χ2n) is 2.93. The van der Waals surface area contributed by atoms with E-state index in [-0.39, 0.29) is 11.8 Å². The first-order valence-electron chi connectivity index (χ1n) is 4.67. The molecule has 0 aliphatic heterocycles. The third kappa shape index (κ3) is 9.38. The molecule has 0 aromatic rings. The van der Waals surface area contributed by atoms with E-state index in [1.807, 2.05) is 6.26 Å². The van der Waals surface area contributed by atoms with E-state index < -0.39 is 0 Å². The number of amides is 2. The Kier molecular flexibility index (Phi) is 8.42. The summed E-state index contributed by atoms with van der Waals surface area (Å²) in [5.74, 6) is 1.00. The molecule has 0 saturated heterocycles. The van der Waals surface area contributed by atoms with Gasteiger partial charge in [-0.25, -0.2) is 0 Å². The predicted molar refractivity (Wildman–Crippen MR) is 59.3 cm³/mol. The third-order valence-corrected chi connectivity index (χ3v) is 2.27. The highest BCUT2D eigenvalue weighted by Crippen LogP contribution is 1.98. The van der Waals surface area contributed by atoms with Crippen LogP contribution < -0.4 is 10.6 Å². The molecule has 0 atom stereocenters. The van der Waals surface area contributed by atoms with Gasteiger partial charge in [0.05, 0.1) is 0 Å². The van der Waals surface area contributed by atoms with Crippen LogP contribution in [0.15, 0.2) is 0 Å². The number of carbonyl (C=O) groups is 2. The molecule has 0 rings (SSSR count). The van der Waals surface area contributed by atoms with Crippen LogP contribution >= 0.6 is 11.8 Å². The smallest absolute Gasteiger partial charge is 0.220 e. The molecular weight excluding hydrogens is 200 g/mol. The lowest BCUT2D eigenvalue weighted by atomic mass is 10.3. The number of hydrogen-bond acceptors (Lipinski definition) is 3. The quantitative estimate of drug-likeness (QED) is 0.607. The number of hydrogen-bond donors (Lipinski definition) is 2. The summed E-state index contributed by atoms with van der Waals surface area (Å²) in [6.45, 7) is 2.47. The molecule has 14 heavy (non-hydrogen) atoms. The van der Waals surface area contributed by atoms with E-state index in [1.165, 1.54) is 6.92 Å². The summed E-state index contributed by atoms with van der Waals surface area (Å²) in [5, 5.41) is 5.34. The van der Waals surface area contributed by atoms with E-state index in [4.69, 9.17) is 0 Å². The molecule has 0 bridgehead atoms. The van der Waals surface area contributed by atoms with Crippen molar-refractivity contribution in [2.45, 2.75) is 19.8 Å². The average Bonchev–Trinajstić information content (AvgIpc) is 2.13. The van der Waals surface area contributed by atoms with Gasteiger partial charge < -0.3 is 10.6 Å². The number of rotatable bonds is 7. The van der Waals surface area contributed by atoms with Crippen LogP contribution in [0, 0.1) is 0 Å². The van der Waals surface area contributed by atoms with Gasteiger partial charge in [-0.15, -0.1) is 0 Å². The maximum atomic E-state index is 11.1. The van der Waals surface area contributed by atoms with Crippen LogP contribution in [0.4, 0.5) is 0 Å². The van der Waals surface area contributed by atoms with Gasteiger partial charge in [0.25, 0.3) is 0 Å². The maximum Gasteiger partial charge on any atom is 0.220 e. The Balaban J connectivity index is 3.22. The van der Waals surface area contributed by atoms with E-state index in [0.717, 1.165) is 12.2 Å². The Morgan fingerprint density at radius 3 is 2.43 bits per heavy atom. The minimum Gasteiger partial charge on any atom is -0.355 e. The van der Waals surface area contributed by atoms with Gasteiger partial charge in [-0.3, -0.25) is 9.59 Å². The molecule has 0 spiro atoms. The summed E-state index contributed by atoms with van der Waals surface area (Å²) in [6, 6.07) is 0. The molecule has 0 fully saturated rings. The molecule has 0 radical (unpaired) electrons. The van der Waals surface area contributed by atoms with E-state index in [1.54, 1.807) is 11.8 Å². The Morgan fingerprint density at radius 1 is 1.21 bits per heavy atom. The van der Waals surface area contributed by atoms with E-state index in [9.17, 15) is 9.59 Å². The van der Waals surface area contributed by atoms with Gasteiger partial charge in [0, 0.05) is 26.4 Å². The zero-order valence-corrected chi connectivity index (χ0v) is 9.58. The Bertz CT molecular complexity index is 186. The van der Waals surface area contributed by atoms with Crippen LogP contribution in [0.1, 0.15) is 19.8 Å². The summed E-state index contributed by atoms with van der Waals surface area (Å²) in [7, 11) is 0. The fourth-order valence-corrected chi connectivity index (χ4v) is 1.34. The van der Waals surface area contributed by atoms with Crippen molar-refractivity contribution in [3.8, 4) is 0 Å². The molecular formula is C9H18N2O2S. The molecule has 0 aromatic carbocycles. The highest BCUT2D eigenvalue weighted by Gasteiger charge is 1.99. The fraction of sp³-hybridized carbons (Fsp3) is 0.778. The summed E-state index contributed by atoms with van der Waals surface area (Å²) >= 11 is 1.74. The standard InChI is InChI=1S/C9H18N2O2S/c1-8(12)10-5-6-11-9(13)4-3-7-14-2/h3-7H2,1-2H3,(H,10,12)(H,11,13). The van der Waals surface area contributed by atoms with Crippen molar-refractivity contribution >= 4 is 23.6 Å². The molecule has 0 aliphatic rings. The topological polar surface area (TPSA) is 58.2 Å². The van der Waals surface area contributed by atoms with E-state index in [0.29, 0.717) is 19.5 Å². The normalized spacial score (nSPS) is 9.57. The van der Waals surface area contributed by atoms with Crippen LogP contribution in [0.5, 0.6) is 0 Å². The third-order valence-electron chi connectivity index (χ3n) is 1.57. The number of carbonyl (C=O) groups excluding carboxylic acids is 2. The van der Waals surface area contributed by atoms with Crippen molar-refractivity contribution in [3.63, 3.8) is 0 Å². The lowest BCUT2D eigenvalue weighted by molar-refractivity contribution is -0.122. The minimum atomic E-state index is -0.0679. The average molecular weight is 218 g/mol. The van der Waals surface area contributed by atoms with Gasteiger partial charge in [0.2, 0.25) is 11.8 Å². The van der Waals surface area contributed by atoms with Crippen molar-refractivity contribution in [2.75, 3.05) is 25.1 Å². The van der Waals surface area contributed by atoms with Gasteiger partial charge in [-0.2, -0.15) is 11.8 Å².